The third kappa shape index (κ3) is 3.21. The molecule has 0 aliphatic heterocycles. The third-order valence-corrected chi connectivity index (χ3v) is 1.39. The Balaban J connectivity index is 2.32. The number of carbonyl (C=O) groups is 1. The summed E-state index contributed by atoms with van der Waals surface area (Å²) in [5, 5.41) is 3.49. The molecule has 0 bridgehead atoms. The topological polar surface area (TPSA) is 52.3 Å². The van der Waals surface area contributed by atoms with Gasteiger partial charge in [-0.3, -0.25) is 4.79 Å². The summed E-state index contributed by atoms with van der Waals surface area (Å²) in [5.74, 6) is 0.562. The molecule has 70 valence electrons. The van der Waals surface area contributed by atoms with Gasteiger partial charge in [-0.1, -0.05) is 17.3 Å². The average Bonchev–Trinajstić information content (AvgIpc) is 2.60. The Morgan fingerprint density at radius 1 is 1.69 bits per heavy atom. The molecule has 4 heteroatoms. The van der Waals surface area contributed by atoms with Gasteiger partial charge in [-0.2, -0.15) is 0 Å². The van der Waals surface area contributed by atoms with Gasteiger partial charge < -0.3 is 9.26 Å². The van der Waals surface area contributed by atoms with Gasteiger partial charge in [0.1, 0.15) is 12.3 Å². The van der Waals surface area contributed by atoms with Gasteiger partial charge in [0.2, 0.25) is 0 Å². The number of hydrogen-bond acceptors (Lipinski definition) is 4. The molecular formula is C9H11NO3. The molecule has 0 saturated carbocycles. The zero-order valence-corrected chi connectivity index (χ0v) is 7.40. The number of ether oxygens (including phenoxy) is 1. The van der Waals surface area contributed by atoms with E-state index < -0.39 is 0 Å². The molecule has 0 N–H and O–H groups in total. The number of aromatic nitrogens is 1. The second kappa shape index (κ2) is 5.27. The number of rotatable bonds is 5. The quantitative estimate of drug-likeness (QED) is 0.393. The maximum Gasteiger partial charge on any atom is 0.171 e. The van der Waals surface area contributed by atoms with E-state index in [0.29, 0.717) is 31.0 Å². The summed E-state index contributed by atoms with van der Waals surface area (Å²) < 4.78 is 9.99. The molecule has 0 aliphatic rings. The van der Waals surface area contributed by atoms with Crippen LogP contribution in [0.15, 0.2) is 22.7 Å². The summed E-state index contributed by atoms with van der Waals surface area (Å²) in [6, 6.07) is 1.56. The molecule has 0 fully saturated rings. The first-order valence-corrected chi connectivity index (χ1v) is 3.96. The first kappa shape index (κ1) is 9.67. The van der Waals surface area contributed by atoms with Crippen LogP contribution in [0.25, 0.3) is 0 Å². The predicted molar refractivity (Wildman–Crippen MR) is 46.4 cm³/mol. The lowest BCUT2D eigenvalue weighted by Crippen LogP contribution is -1.90. The van der Waals surface area contributed by atoms with E-state index in [1.807, 2.05) is 19.1 Å². The minimum Gasteiger partial charge on any atom is -0.369 e. The van der Waals surface area contributed by atoms with Crippen molar-refractivity contribution in [1.82, 2.24) is 5.16 Å². The van der Waals surface area contributed by atoms with Gasteiger partial charge in [0.05, 0.1) is 6.61 Å². The Morgan fingerprint density at radius 3 is 3.15 bits per heavy atom. The second-order valence-corrected chi connectivity index (χ2v) is 2.42. The molecule has 1 rings (SSSR count). The van der Waals surface area contributed by atoms with Crippen LogP contribution in [0.2, 0.25) is 0 Å². The van der Waals surface area contributed by atoms with E-state index in [1.165, 1.54) is 0 Å². The van der Waals surface area contributed by atoms with Crippen molar-refractivity contribution in [3.8, 4) is 0 Å². The van der Waals surface area contributed by atoms with Crippen LogP contribution in [-0.4, -0.2) is 18.0 Å². The van der Waals surface area contributed by atoms with E-state index in [4.69, 9.17) is 9.26 Å². The summed E-state index contributed by atoms with van der Waals surface area (Å²) in [6.45, 7) is 2.79. The first-order chi connectivity index (χ1) is 6.36. The summed E-state index contributed by atoms with van der Waals surface area (Å²) in [6.07, 6.45) is 4.42. The van der Waals surface area contributed by atoms with Gasteiger partial charge in [-0.25, -0.2) is 0 Å². The molecule has 0 saturated heterocycles. The summed E-state index contributed by atoms with van der Waals surface area (Å²) >= 11 is 0. The number of aldehydes is 1. The Morgan fingerprint density at radius 2 is 2.54 bits per heavy atom. The molecule has 4 nitrogen and oxygen atoms in total. The van der Waals surface area contributed by atoms with Crippen LogP contribution in [0, 0.1) is 0 Å². The van der Waals surface area contributed by atoms with E-state index in [9.17, 15) is 4.79 Å². The molecule has 0 radical (unpaired) electrons. The predicted octanol–water partition coefficient (Wildman–Crippen LogP) is 1.58. The van der Waals surface area contributed by atoms with Gasteiger partial charge in [0.15, 0.2) is 12.0 Å². The van der Waals surface area contributed by atoms with E-state index in [0.717, 1.165) is 0 Å². The first-order valence-electron chi connectivity index (χ1n) is 3.96. The largest absolute Gasteiger partial charge is 0.369 e. The highest BCUT2D eigenvalue weighted by atomic mass is 16.5. The van der Waals surface area contributed by atoms with Crippen molar-refractivity contribution in [2.24, 2.45) is 0 Å². The molecular weight excluding hydrogens is 170 g/mol. The van der Waals surface area contributed by atoms with Crippen molar-refractivity contribution in [3.63, 3.8) is 0 Å². The second-order valence-electron chi connectivity index (χ2n) is 2.42. The normalized spacial score (nSPS) is 10.8. The minimum absolute atomic E-state index is 0.296. The van der Waals surface area contributed by atoms with Gasteiger partial charge in [0, 0.05) is 6.07 Å². The molecule has 1 heterocycles. The number of hydrogen-bond donors (Lipinski definition) is 0. The van der Waals surface area contributed by atoms with Crippen LogP contribution in [0.4, 0.5) is 0 Å². The van der Waals surface area contributed by atoms with E-state index in [2.05, 4.69) is 5.16 Å². The molecule has 1 aromatic heterocycles. The van der Waals surface area contributed by atoms with Crippen LogP contribution in [-0.2, 0) is 11.3 Å². The highest BCUT2D eigenvalue weighted by Crippen LogP contribution is 2.02. The fourth-order valence-electron chi connectivity index (χ4n) is 0.776. The van der Waals surface area contributed by atoms with Crippen LogP contribution >= 0.6 is 0 Å². The summed E-state index contributed by atoms with van der Waals surface area (Å²) in [4.78, 5) is 10.2. The van der Waals surface area contributed by atoms with Crippen LogP contribution < -0.4 is 0 Å². The van der Waals surface area contributed by atoms with Crippen molar-refractivity contribution in [2.45, 2.75) is 13.5 Å². The third-order valence-electron chi connectivity index (χ3n) is 1.39. The van der Waals surface area contributed by atoms with Crippen LogP contribution in [0.1, 0.15) is 23.2 Å². The smallest absolute Gasteiger partial charge is 0.171 e. The van der Waals surface area contributed by atoms with Gasteiger partial charge in [0.25, 0.3) is 0 Å². The summed E-state index contributed by atoms with van der Waals surface area (Å²) in [5.41, 5.74) is 0.296. The fourth-order valence-corrected chi connectivity index (χ4v) is 0.776. The fraction of sp³-hybridized carbons (Fsp3) is 0.333. The van der Waals surface area contributed by atoms with E-state index in [-0.39, 0.29) is 0 Å². The Hall–Kier alpha value is -1.42. The lowest BCUT2D eigenvalue weighted by molar-refractivity contribution is 0.111. The van der Waals surface area contributed by atoms with Gasteiger partial charge in [-0.05, 0) is 6.92 Å². The van der Waals surface area contributed by atoms with Crippen LogP contribution in [0.3, 0.4) is 0 Å². The Kier molecular flexibility index (Phi) is 3.92. The highest BCUT2D eigenvalue weighted by molar-refractivity contribution is 5.71. The maximum atomic E-state index is 10.2. The summed E-state index contributed by atoms with van der Waals surface area (Å²) in [7, 11) is 0. The van der Waals surface area contributed by atoms with E-state index in [1.54, 1.807) is 6.07 Å². The lowest BCUT2D eigenvalue weighted by atomic mass is 10.4. The Bertz CT molecular complexity index is 291. The number of carbonyl (C=O) groups excluding carboxylic acids is 1. The molecule has 0 atom stereocenters. The van der Waals surface area contributed by atoms with Crippen molar-refractivity contribution < 1.29 is 14.1 Å². The van der Waals surface area contributed by atoms with Gasteiger partial charge in [-0.15, -0.1) is 0 Å². The van der Waals surface area contributed by atoms with Crippen molar-refractivity contribution in [3.05, 3.63) is 29.7 Å². The minimum atomic E-state index is 0.296. The SMILES string of the molecule is C/C=C\COCc1cc(C=O)no1. The maximum absolute atomic E-state index is 10.2. The van der Waals surface area contributed by atoms with Crippen molar-refractivity contribution in [2.75, 3.05) is 6.61 Å². The molecule has 0 amide bonds. The zero-order chi connectivity index (χ0) is 9.52. The molecule has 0 unspecified atom stereocenters. The number of nitrogens with zero attached hydrogens (tertiary/aromatic N) is 1. The average molecular weight is 181 g/mol. The van der Waals surface area contributed by atoms with Crippen molar-refractivity contribution in [1.29, 1.82) is 0 Å². The molecule has 0 spiro atoms. The standard InChI is InChI=1S/C9H11NO3/c1-2-3-4-12-7-9-5-8(6-11)10-13-9/h2-3,5-6H,4,7H2,1H3/b3-2-. The molecule has 0 aliphatic carbocycles. The monoisotopic (exact) mass is 181 g/mol. The molecule has 1 aromatic rings. The highest BCUT2D eigenvalue weighted by Gasteiger charge is 2.01. The van der Waals surface area contributed by atoms with Crippen LogP contribution in [0.5, 0.6) is 0 Å². The number of allylic oxidation sites excluding steroid dienone is 1. The molecule has 0 aromatic carbocycles. The van der Waals surface area contributed by atoms with E-state index >= 15 is 0 Å². The zero-order valence-electron chi connectivity index (χ0n) is 7.40. The Labute approximate surface area is 76.2 Å². The lowest BCUT2D eigenvalue weighted by Gasteiger charge is -1.94. The van der Waals surface area contributed by atoms with Crippen molar-refractivity contribution >= 4 is 6.29 Å². The van der Waals surface area contributed by atoms with Gasteiger partial charge >= 0.3 is 0 Å². The molecule has 13 heavy (non-hydrogen) atoms.